The third-order valence-corrected chi connectivity index (χ3v) is 6.84. The van der Waals surface area contributed by atoms with Crippen molar-refractivity contribution < 1.29 is 9.53 Å². The quantitative estimate of drug-likeness (QED) is 0.507. The van der Waals surface area contributed by atoms with Gasteiger partial charge < -0.3 is 10.1 Å². The number of carbonyl (C=O) groups excluding carboxylic acids is 1. The second kappa shape index (κ2) is 10.9. The fourth-order valence-electron chi connectivity index (χ4n) is 4.23. The number of benzene rings is 1. The maximum atomic E-state index is 12.8. The molecule has 4 rings (SSSR count). The lowest BCUT2D eigenvalue weighted by Gasteiger charge is -2.24. The number of rotatable bonds is 10. The first-order valence-corrected chi connectivity index (χ1v) is 12.2. The third-order valence-electron chi connectivity index (χ3n) is 5.98. The molecular formula is C25H32N4O2S. The summed E-state index contributed by atoms with van der Waals surface area (Å²) in [5.41, 5.74) is 4.38. The average molecular weight is 453 g/mol. The Bertz CT molecular complexity index is 995. The second-order valence-corrected chi connectivity index (χ2v) is 9.49. The molecule has 7 heteroatoms. The van der Waals surface area contributed by atoms with Gasteiger partial charge in [-0.3, -0.25) is 14.4 Å². The molecule has 0 saturated carbocycles. The first-order valence-electron chi connectivity index (χ1n) is 11.3. The standard InChI is InChI=1S/C25H32N4O2S/c1-19-24(20(2)29(27-19)15-21-8-4-3-5-9-21)14-26-25(30)18-28(16-22-10-6-12-31-22)17-23-11-7-13-32-23/h3-5,7-9,11,13,22H,6,10,12,14-18H2,1-2H3,(H,26,30). The van der Waals surface area contributed by atoms with Gasteiger partial charge in [0.1, 0.15) is 0 Å². The molecular weight excluding hydrogens is 420 g/mol. The molecule has 1 aliphatic heterocycles. The van der Waals surface area contributed by atoms with Crippen LogP contribution in [0.25, 0.3) is 0 Å². The lowest BCUT2D eigenvalue weighted by Crippen LogP contribution is -2.40. The van der Waals surface area contributed by atoms with E-state index in [1.54, 1.807) is 11.3 Å². The predicted molar refractivity (Wildman–Crippen MR) is 128 cm³/mol. The highest BCUT2D eigenvalue weighted by Gasteiger charge is 2.22. The molecule has 1 saturated heterocycles. The van der Waals surface area contributed by atoms with Crippen LogP contribution in [0.1, 0.15) is 40.2 Å². The molecule has 1 fully saturated rings. The SMILES string of the molecule is Cc1nn(Cc2ccccc2)c(C)c1CNC(=O)CN(Cc1cccs1)CC1CCCO1. The van der Waals surface area contributed by atoms with Crippen LogP contribution in [0.4, 0.5) is 0 Å². The molecule has 32 heavy (non-hydrogen) atoms. The molecule has 1 aliphatic rings. The van der Waals surface area contributed by atoms with E-state index >= 15 is 0 Å². The summed E-state index contributed by atoms with van der Waals surface area (Å²) < 4.78 is 7.84. The van der Waals surface area contributed by atoms with E-state index in [2.05, 4.69) is 46.8 Å². The number of aromatic nitrogens is 2. The number of hydrogen-bond donors (Lipinski definition) is 1. The fraction of sp³-hybridized carbons (Fsp3) is 0.440. The Balaban J connectivity index is 1.35. The van der Waals surface area contributed by atoms with Crippen LogP contribution in [-0.2, 0) is 29.2 Å². The first-order chi connectivity index (χ1) is 15.6. The number of aryl methyl sites for hydroxylation is 1. The molecule has 3 heterocycles. The van der Waals surface area contributed by atoms with Gasteiger partial charge in [-0.1, -0.05) is 36.4 Å². The average Bonchev–Trinajstić information content (AvgIpc) is 3.52. The molecule has 1 N–H and O–H groups in total. The van der Waals surface area contributed by atoms with Gasteiger partial charge in [-0.25, -0.2) is 0 Å². The van der Waals surface area contributed by atoms with Gasteiger partial charge in [-0.15, -0.1) is 11.3 Å². The van der Waals surface area contributed by atoms with Crippen LogP contribution in [0.2, 0.25) is 0 Å². The zero-order chi connectivity index (χ0) is 22.3. The molecule has 1 atom stereocenters. The molecule has 0 spiro atoms. The summed E-state index contributed by atoms with van der Waals surface area (Å²) >= 11 is 1.73. The minimum atomic E-state index is 0.0363. The van der Waals surface area contributed by atoms with Crippen molar-refractivity contribution in [1.82, 2.24) is 20.0 Å². The lowest BCUT2D eigenvalue weighted by molar-refractivity contribution is -0.122. The molecule has 0 bridgehead atoms. The van der Waals surface area contributed by atoms with Gasteiger partial charge in [-0.05, 0) is 43.7 Å². The number of carbonyl (C=O) groups is 1. The molecule has 0 radical (unpaired) electrons. The van der Waals surface area contributed by atoms with Crippen molar-refractivity contribution in [2.24, 2.45) is 0 Å². The van der Waals surface area contributed by atoms with E-state index in [9.17, 15) is 4.79 Å². The maximum absolute atomic E-state index is 12.8. The number of ether oxygens (including phenoxy) is 1. The number of thiophene rings is 1. The first kappa shape index (κ1) is 22.7. The van der Waals surface area contributed by atoms with Crippen LogP contribution < -0.4 is 5.32 Å². The summed E-state index contributed by atoms with van der Waals surface area (Å²) in [4.78, 5) is 16.3. The topological polar surface area (TPSA) is 59.4 Å². The lowest BCUT2D eigenvalue weighted by atomic mass is 10.2. The van der Waals surface area contributed by atoms with E-state index in [1.165, 1.54) is 10.4 Å². The minimum Gasteiger partial charge on any atom is -0.377 e. The van der Waals surface area contributed by atoms with Crippen molar-refractivity contribution in [2.45, 2.75) is 52.4 Å². The number of hydrogen-bond acceptors (Lipinski definition) is 5. The van der Waals surface area contributed by atoms with E-state index in [0.717, 1.165) is 56.0 Å². The number of nitrogens with zero attached hydrogens (tertiary/aromatic N) is 3. The number of nitrogens with one attached hydrogen (secondary N) is 1. The van der Waals surface area contributed by atoms with Crippen LogP contribution in [0, 0.1) is 13.8 Å². The Labute approximate surface area is 194 Å². The number of amides is 1. The van der Waals surface area contributed by atoms with E-state index in [1.807, 2.05) is 29.8 Å². The summed E-state index contributed by atoms with van der Waals surface area (Å²) in [7, 11) is 0. The predicted octanol–water partition coefficient (Wildman–Crippen LogP) is 3.91. The largest absolute Gasteiger partial charge is 0.377 e. The van der Waals surface area contributed by atoms with E-state index < -0.39 is 0 Å². The monoisotopic (exact) mass is 452 g/mol. The van der Waals surface area contributed by atoms with Crippen LogP contribution in [0.5, 0.6) is 0 Å². The molecule has 1 amide bonds. The van der Waals surface area contributed by atoms with Crippen molar-refractivity contribution in [3.63, 3.8) is 0 Å². The molecule has 1 unspecified atom stereocenters. The van der Waals surface area contributed by atoms with Crippen LogP contribution in [0.15, 0.2) is 47.8 Å². The van der Waals surface area contributed by atoms with Gasteiger partial charge in [0.15, 0.2) is 0 Å². The smallest absolute Gasteiger partial charge is 0.234 e. The summed E-state index contributed by atoms with van der Waals surface area (Å²) in [6, 6.07) is 14.5. The van der Waals surface area contributed by atoms with E-state index in [0.29, 0.717) is 13.1 Å². The van der Waals surface area contributed by atoms with Crippen molar-refractivity contribution in [3.8, 4) is 0 Å². The zero-order valence-electron chi connectivity index (χ0n) is 18.9. The fourth-order valence-corrected chi connectivity index (χ4v) is 4.98. The summed E-state index contributed by atoms with van der Waals surface area (Å²) in [5, 5.41) is 9.91. The van der Waals surface area contributed by atoms with Crippen molar-refractivity contribution in [2.75, 3.05) is 19.7 Å². The van der Waals surface area contributed by atoms with E-state index in [4.69, 9.17) is 9.84 Å². The maximum Gasteiger partial charge on any atom is 0.234 e. The van der Waals surface area contributed by atoms with Crippen molar-refractivity contribution >= 4 is 17.2 Å². The molecule has 170 valence electrons. The van der Waals surface area contributed by atoms with Gasteiger partial charge in [0.25, 0.3) is 0 Å². The Hall–Kier alpha value is -2.48. The second-order valence-electron chi connectivity index (χ2n) is 8.45. The van der Waals surface area contributed by atoms with Gasteiger partial charge in [-0.2, -0.15) is 5.10 Å². The highest BCUT2D eigenvalue weighted by molar-refractivity contribution is 7.09. The van der Waals surface area contributed by atoms with Gasteiger partial charge in [0.05, 0.1) is 24.9 Å². The Morgan fingerprint density at radius 2 is 2.09 bits per heavy atom. The van der Waals surface area contributed by atoms with Gasteiger partial charge in [0, 0.05) is 42.4 Å². The third kappa shape index (κ3) is 6.06. The van der Waals surface area contributed by atoms with Crippen LogP contribution in [-0.4, -0.2) is 46.4 Å². The molecule has 2 aromatic heterocycles. The van der Waals surface area contributed by atoms with Crippen molar-refractivity contribution in [3.05, 3.63) is 75.2 Å². The van der Waals surface area contributed by atoms with Crippen molar-refractivity contribution in [1.29, 1.82) is 0 Å². The molecule has 1 aromatic carbocycles. The summed E-state index contributed by atoms with van der Waals surface area (Å²) in [6.45, 7) is 8.08. The zero-order valence-corrected chi connectivity index (χ0v) is 19.7. The highest BCUT2D eigenvalue weighted by atomic mass is 32.1. The molecule has 3 aromatic rings. The Kier molecular flexibility index (Phi) is 7.73. The Morgan fingerprint density at radius 3 is 2.81 bits per heavy atom. The normalized spacial score (nSPS) is 16.0. The highest BCUT2D eigenvalue weighted by Crippen LogP contribution is 2.18. The Morgan fingerprint density at radius 1 is 1.25 bits per heavy atom. The van der Waals surface area contributed by atoms with Gasteiger partial charge in [0.2, 0.25) is 5.91 Å². The van der Waals surface area contributed by atoms with Crippen LogP contribution in [0.3, 0.4) is 0 Å². The molecule has 0 aliphatic carbocycles. The molecule has 6 nitrogen and oxygen atoms in total. The summed E-state index contributed by atoms with van der Waals surface area (Å²) in [5.74, 6) is 0.0363. The van der Waals surface area contributed by atoms with Crippen LogP contribution >= 0.6 is 11.3 Å². The minimum absolute atomic E-state index is 0.0363. The summed E-state index contributed by atoms with van der Waals surface area (Å²) in [6.07, 6.45) is 2.40. The van der Waals surface area contributed by atoms with Gasteiger partial charge >= 0.3 is 0 Å². The van der Waals surface area contributed by atoms with E-state index in [-0.39, 0.29) is 12.0 Å².